The minimum absolute atomic E-state index is 0.0143. The van der Waals surface area contributed by atoms with E-state index in [-0.39, 0.29) is 13.0 Å². The number of aliphatic carboxylic acids is 1. The molecule has 3 nitrogen and oxygen atoms in total. The number of hydrogen-bond donors (Lipinski definition) is 1. The Morgan fingerprint density at radius 3 is 2.93 bits per heavy atom. The molecule has 0 fully saturated rings. The van der Waals surface area contributed by atoms with E-state index in [1.54, 1.807) is 0 Å². The van der Waals surface area contributed by atoms with E-state index < -0.39 is 5.97 Å². The first kappa shape index (κ1) is 11.0. The Balaban J connectivity index is 2.57. The van der Waals surface area contributed by atoms with Crippen LogP contribution in [0.25, 0.3) is 0 Å². The number of aryl methyl sites for hydroxylation is 1. The first-order chi connectivity index (χ1) is 6.59. The van der Waals surface area contributed by atoms with Crippen LogP contribution < -0.4 is 4.74 Å². The van der Waals surface area contributed by atoms with E-state index >= 15 is 0 Å². The molecule has 1 aromatic rings. The average molecular weight is 259 g/mol. The second-order valence-electron chi connectivity index (χ2n) is 2.93. The van der Waals surface area contributed by atoms with Gasteiger partial charge in [-0.25, -0.2) is 0 Å². The zero-order valence-electron chi connectivity index (χ0n) is 7.79. The molecule has 0 bridgehead atoms. The molecule has 4 heteroatoms. The zero-order valence-corrected chi connectivity index (χ0v) is 9.37. The van der Waals surface area contributed by atoms with E-state index in [0.29, 0.717) is 5.75 Å². The van der Waals surface area contributed by atoms with E-state index in [1.165, 1.54) is 0 Å². The van der Waals surface area contributed by atoms with Crippen LogP contribution in [0, 0.1) is 6.92 Å². The molecule has 14 heavy (non-hydrogen) atoms. The third-order valence-electron chi connectivity index (χ3n) is 1.66. The number of benzene rings is 1. The summed E-state index contributed by atoms with van der Waals surface area (Å²) in [6.45, 7) is 2.15. The van der Waals surface area contributed by atoms with Crippen molar-refractivity contribution in [2.45, 2.75) is 13.3 Å². The maximum absolute atomic E-state index is 10.2. The second-order valence-corrected chi connectivity index (χ2v) is 3.78. The first-order valence-corrected chi connectivity index (χ1v) is 4.99. The molecule has 0 saturated heterocycles. The van der Waals surface area contributed by atoms with Gasteiger partial charge in [-0.3, -0.25) is 4.79 Å². The van der Waals surface area contributed by atoms with Gasteiger partial charge in [0.2, 0.25) is 0 Å². The number of rotatable bonds is 4. The van der Waals surface area contributed by atoms with Gasteiger partial charge in [0.1, 0.15) is 5.75 Å². The fourth-order valence-corrected chi connectivity index (χ4v) is 1.33. The summed E-state index contributed by atoms with van der Waals surface area (Å²) in [5.41, 5.74) is 1.08. The van der Waals surface area contributed by atoms with Crippen molar-refractivity contribution in [3.05, 3.63) is 28.2 Å². The predicted octanol–water partition coefficient (Wildman–Crippen LogP) is 2.61. The molecule has 0 unspecified atom stereocenters. The lowest BCUT2D eigenvalue weighted by atomic mass is 10.2. The molecule has 0 heterocycles. The highest BCUT2D eigenvalue weighted by atomic mass is 79.9. The summed E-state index contributed by atoms with van der Waals surface area (Å²) < 4.78 is 6.14. The lowest BCUT2D eigenvalue weighted by Gasteiger charge is -2.07. The van der Waals surface area contributed by atoms with Crippen LogP contribution in [0.3, 0.4) is 0 Å². The predicted molar refractivity (Wildman–Crippen MR) is 56.6 cm³/mol. The highest BCUT2D eigenvalue weighted by Gasteiger charge is 2.02. The third kappa shape index (κ3) is 3.38. The fourth-order valence-electron chi connectivity index (χ4n) is 0.969. The van der Waals surface area contributed by atoms with Crippen molar-refractivity contribution in [3.63, 3.8) is 0 Å². The molecule has 1 aromatic carbocycles. The van der Waals surface area contributed by atoms with Gasteiger partial charge in [0.15, 0.2) is 0 Å². The first-order valence-electron chi connectivity index (χ1n) is 4.20. The van der Waals surface area contributed by atoms with E-state index in [4.69, 9.17) is 9.84 Å². The van der Waals surface area contributed by atoms with Gasteiger partial charge in [0, 0.05) is 0 Å². The van der Waals surface area contributed by atoms with Crippen LogP contribution in [-0.2, 0) is 4.79 Å². The summed E-state index contributed by atoms with van der Waals surface area (Å²) in [6.07, 6.45) is 0.0143. The van der Waals surface area contributed by atoms with Crippen LogP contribution in [0.15, 0.2) is 22.7 Å². The molecule has 76 valence electrons. The van der Waals surface area contributed by atoms with E-state index in [9.17, 15) is 4.79 Å². The quantitative estimate of drug-likeness (QED) is 0.903. The van der Waals surface area contributed by atoms with Crippen molar-refractivity contribution in [3.8, 4) is 5.75 Å². The van der Waals surface area contributed by atoms with Gasteiger partial charge in [-0.1, -0.05) is 6.07 Å². The maximum atomic E-state index is 10.2. The Morgan fingerprint density at radius 2 is 2.29 bits per heavy atom. The number of carbonyl (C=O) groups is 1. The summed E-state index contributed by atoms with van der Waals surface area (Å²) in [5.74, 6) is -0.167. The SMILES string of the molecule is Cc1ccc(Br)c(OCCC(=O)O)c1. The summed E-state index contributed by atoms with van der Waals surface area (Å²) in [7, 11) is 0. The van der Waals surface area contributed by atoms with Crippen molar-refractivity contribution in [2.75, 3.05) is 6.61 Å². The van der Waals surface area contributed by atoms with Gasteiger partial charge >= 0.3 is 5.97 Å². The summed E-state index contributed by atoms with van der Waals surface area (Å²) in [5, 5.41) is 8.42. The Morgan fingerprint density at radius 1 is 1.57 bits per heavy atom. The molecule has 0 aliphatic carbocycles. The maximum Gasteiger partial charge on any atom is 0.306 e. The second kappa shape index (κ2) is 5.00. The topological polar surface area (TPSA) is 46.5 Å². The summed E-state index contributed by atoms with van der Waals surface area (Å²) >= 11 is 3.33. The van der Waals surface area contributed by atoms with Crippen molar-refractivity contribution in [1.82, 2.24) is 0 Å². The Kier molecular flexibility index (Phi) is 3.95. The highest BCUT2D eigenvalue weighted by molar-refractivity contribution is 9.10. The molecule has 0 spiro atoms. The van der Waals surface area contributed by atoms with E-state index in [2.05, 4.69) is 15.9 Å². The van der Waals surface area contributed by atoms with E-state index in [0.717, 1.165) is 10.0 Å². The molecule has 0 amide bonds. The molecule has 1 N–H and O–H groups in total. The van der Waals surface area contributed by atoms with Crippen molar-refractivity contribution >= 4 is 21.9 Å². The molecule has 0 aromatic heterocycles. The normalized spacial score (nSPS) is 9.86. The molecule has 0 aliphatic rings. The van der Waals surface area contributed by atoms with E-state index in [1.807, 2.05) is 25.1 Å². The average Bonchev–Trinajstić information content (AvgIpc) is 2.10. The number of carboxylic acids is 1. The van der Waals surface area contributed by atoms with Gasteiger partial charge < -0.3 is 9.84 Å². The molecule has 0 aliphatic heterocycles. The fraction of sp³-hybridized carbons (Fsp3) is 0.300. The minimum atomic E-state index is -0.853. The largest absolute Gasteiger partial charge is 0.492 e. The summed E-state index contributed by atoms with van der Waals surface area (Å²) in [6, 6.07) is 5.70. The monoisotopic (exact) mass is 258 g/mol. The lowest BCUT2D eigenvalue weighted by molar-refractivity contribution is -0.137. The zero-order chi connectivity index (χ0) is 10.6. The molecule has 0 saturated carbocycles. The van der Waals surface area contributed by atoms with Gasteiger partial charge in [0.05, 0.1) is 17.5 Å². The van der Waals surface area contributed by atoms with Crippen molar-refractivity contribution in [2.24, 2.45) is 0 Å². The molecular weight excluding hydrogens is 248 g/mol. The highest BCUT2D eigenvalue weighted by Crippen LogP contribution is 2.25. The summed E-state index contributed by atoms with van der Waals surface area (Å²) in [4.78, 5) is 10.2. The number of halogens is 1. The van der Waals surface area contributed by atoms with Crippen LogP contribution >= 0.6 is 15.9 Å². The molecule has 1 rings (SSSR count). The Labute approximate surface area is 90.8 Å². The molecule has 0 atom stereocenters. The van der Waals surface area contributed by atoms with Gasteiger partial charge in [-0.2, -0.15) is 0 Å². The Hall–Kier alpha value is -1.03. The van der Waals surface area contributed by atoms with Gasteiger partial charge in [-0.15, -0.1) is 0 Å². The van der Waals surface area contributed by atoms with Crippen LogP contribution in [0.4, 0.5) is 0 Å². The Bertz CT molecular complexity index is 336. The van der Waals surface area contributed by atoms with Gasteiger partial charge in [-0.05, 0) is 40.5 Å². The van der Waals surface area contributed by atoms with Gasteiger partial charge in [0.25, 0.3) is 0 Å². The number of hydrogen-bond acceptors (Lipinski definition) is 2. The molecular formula is C10H11BrO3. The van der Waals surface area contributed by atoms with Crippen molar-refractivity contribution in [1.29, 1.82) is 0 Å². The lowest BCUT2D eigenvalue weighted by Crippen LogP contribution is -2.05. The molecule has 0 radical (unpaired) electrons. The minimum Gasteiger partial charge on any atom is -0.492 e. The third-order valence-corrected chi connectivity index (χ3v) is 2.32. The van der Waals surface area contributed by atoms with Crippen LogP contribution in [-0.4, -0.2) is 17.7 Å². The van der Waals surface area contributed by atoms with Crippen LogP contribution in [0.5, 0.6) is 5.75 Å². The van der Waals surface area contributed by atoms with Crippen LogP contribution in [0.2, 0.25) is 0 Å². The smallest absolute Gasteiger partial charge is 0.306 e. The van der Waals surface area contributed by atoms with Crippen molar-refractivity contribution < 1.29 is 14.6 Å². The standard InChI is InChI=1S/C10H11BrO3/c1-7-2-3-8(11)9(6-7)14-5-4-10(12)13/h2-3,6H,4-5H2,1H3,(H,12,13). The van der Waals surface area contributed by atoms with Crippen LogP contribution in [0.1, 0.15) is 12.0 Å². The number of carboxylic acid groups (broad SMARTS) is 1. The number of ether oxygens (including phenoxy) is 1.